The van der Waals surface area contributed by atoms with E-state index >= 15 is 0 Å². The second-order valence-electron chi connectivity index (χ2n) is 7.12. The van der Waals surface area contributed by atoms with Crippen molar-refractivity contribution in [1.29, 1.82) is 0 Å². The minimum Gasteiger partial charge on any atom is -0.465 e. The predicted molar refractivity (Wildman–Crippen MR) is 99.2 cm³/mol. The van der Waals surface area contributed by atoms with Crippen molar-refractivity contribution < 1.29 is 28.7 Å². The quantitative estimate of drug-likeness (QED) is 0.731. The van der Waals surface area contributed by atoms with Gasteiger partial charge in [-0.2, -0.15) is 0 Å². The highest BCUT2D eigenvalue weighted by Crippen LogP contribution is 2.17. The smallest absolute Gasteiger partial charge is 0.337 e. The molecule has 0 heterocycles. The number of anilines is 1. The Balaban J connectivity index is 2.62. The van der Waals surface area contributed by atoms with Gasteiger partial charge in [-0.15, -0.1) is 0 Å². The van der Waals surface area contributed by atoms with Crippen molar-refractivity contribution >= 4 is 29.4 Å². The summed E-state index contributed by atoms with van der Waals surface area (Å²) in [6.45, 7) is 7.88. The van der Waals surface area contributed by atoms with Crippen LogP contribution in [0.3, 0.4) is 0 Å². The molecule has 0 aliphatic carbocycles. The Kier molecular flexibility index (Phi) is 7.51. The van der Waals surface area contributed by atoms with Crippen molar-refractivity contribution in [2.24, 2.45) is 5.41 Å². The van der Waals surface area contributed by atoms with Crippen LogP contribution in [-0.4, -0.2) is 43.5 Å². The van der Waals surface area contributed by atoms with Crippen molar-refractivity contribution in [1.82, 2.24) is 5.32 Å². The maximum Gasteiger partial charge on any atom is 0.337 e. The summed E-state index contributed by atoms with van der Waals surface area (Å²) in [5.41, 5.74) is 0.781. The van der Waals surface area contributed by atoms with Crippen LogP contribution in [0.1, 0.15) is 43.6 Å². The standard InChI is InChI=1S/C19H26N2O6/c1-11-7-8-13(17(24)26-6)9-14(11)21-15(22)10-27-16(23)12(2)20-18(25)19(3,4)5/h7-9,12H,10H2,1-6H3,(H,20,25)(H,21,22)/t12-/m0/s1. The number of hydrogen-bond donors (Lipinski definition) is 2. The predicted octanol–water partition coefficient (Wildman–Crippen LogP) is 1.81. The van der Waals surface area contributed by atoms with Crippen molar-refractivity contribution in [3.05, 3.63) is 29.3 Å². The van der Waals surface area contributed by atoms with Gasteiger partial charge in [-0.3, -0.25) is 9.59 Å². The highest BCUT2D eigenvalue weighted by Gasteiger charge is 2.26. The first-order valence-corrected chi connectivity index (χ1v) is 8.42. The maximum atomic E-state index is 12.0. The van der Waals surface area contributed by atoms with Gasteiger partial charge >= 0.3 is 11.9 Å². The first-order chi connectivity index (χ1) is 12.5. The first kappa shape index (κ1) is 22.1. The van der Waals surface area contributed by atoms with E-state index in [1.54, 1.807) is 39.8 Å². The van der Waals surface area contributed by atoms with Gasteiger partial charge in [0.25, 0.3) is 5.91 Å². The number of rotatable bonds is 6. The van der Waals surface area contributed by atoms with E-state index in [0.717, 1.165) is 5.56 Å². The molecule has 0 saturated heterocycles. The second kappa shape index (κ2) is 9.16. The van der Waals surface area contributed by atoms with Crippen molar-refractivity contribution in [3.63, 3.8) is 0 Å². The van der Waals surface area contributed by atoms with Crippen molar-refractivity contribution in [2.45, 2.75) is 40.7 Å². The van der Waals surface area contributed by atoms with E-state index in [-0.39, 0.29) is 11.5 Å². The van der Waals surface area contributed by atoms with Gasteiger partial charge in [0.05, 0.1) is 12.7 Å². The van der Waals surface area contributed by atoms with Gasteiger partial charge in [0.2, 0.25) is 5.91 Å². The average Bonchev–Trinajstić information content (AvgIpc) is 2.59. The number of amides is 2. The fraction of sp³-hybridized carbons (Fsp3) is 0.474. The van der Waals surface area contributed by atoms with E-state index in [1.807, 2.05) is 0 Å². The largest absolute Gasteiger partial charge is 0.465 e. The summed E-state index contributed by atoms with van der Waals surface area (Å²) >= 11 is 0. The fourth-order valence-corrected chi connectivity index (χ4v) is 1.92. The minimum absolute atomic E-state index is 0.286. The molecule has 27 heavy (non-hydrogen) atoms. The molecule has 0 unspecified atom stereocenters. The molecule has 0 bridgehead atoms. The van der Waals surface area contributed by atoms with Crippen LogP contribution in [0.25, 0.3) is 0 Å². The SMILES string of the molecule is COC(=O)c1ccc(C)c(NC(=O)COC(=O)[C@H](C)NC(=O)C(C)(C)C)c1. The summed E-state index contributed by atoms with van der Waals surface area (Å²) < 4.78 is 9.57. The highest BCUT2D eigenvalue weighted by atomic mass is 16.5. The van der Waals surface area contributed by atoms with Crippen LogP contribution in [0.15, 0.2) is 18.2 Å². The normalized spacial score (nSPS) is 11.9. The van der Waals surface area contributed by atoms with Gasteiger partial charge in [-0.1, -0.05) is 26.8 Å². The lowest BCUT2D eigenvalue weighted by molar-refractivity contribution is -0.150. The molecular formula is C19H26N2O6. The Labute approximate surface area is 158 Å². The third-order valence-corrected chi connectivity index (χ3v) is 3.66. The Morgan fingerprint density at radius 3 is 2.33 bits per heavy atom. The van der Waals surface area contributed by atoms with E-state index in [9.17, 15) is 19.2 Å². The molecule has 8 heteroatoms. The third kappa shape index (κ3) is 6.73. The number of carbonyl (C=O) groups excluding carboxylic acids is 4. The van der Waals surface area contributed by atoms with Crippen LogP contribution >= 0.6 is 0 Å². The van der Waals surface area contributed by atoms with Crippen molar-refractivity contribution in [3.8, 4) is 0 Å². The number of nitrogens with one attached hydrogen (secondary N) is 2. The summed E-state index contributed by atoms with van der Waals surface area (Å²) in [5, 5.41) is 5.11. The lowest BCUT2D eigenvalue weighted by Gasteiger charge is -2.21. The van der Waals surface area contributed by atoms with E-state index in [4.69, 9.17) is 4.74 Å². The molecule has 1 atom stereocenters. The van der Waals surface area contributed by atoms with E-state index in [2.05, 4.69) is 15.4 Å². The van der Waals surface area contributed by atoms with Gasteiger partial charge in [-0.25, -0.2) is 9.59 Å². The zero-order chi connectivity index (χ0) is 20.8. The molecule has 1 rings (SSSR count). The molecule has 0 saturated carbocycles. The van der Waals surface area contributed by atoms with Crippen LogP contribution in [0, 0.1) is 12.3 Å². The topological polar surface area (TPSA) is 111 Å². The van der Waals surface area contributed by atoms with Crippen LogP contribution in [0.5, 0.6) is 0 Å². The Morgan fingerprint density at radius 2 is 1.78 bits per heavy atom. The fourth-order valence-electron chi connectivity index (χ4n) is 1.92. The molecule has 1 aromatic carbocycles. The van der Waals surface area contributed by atoms with Crippen LogP contribution in [0.4, 0.5) is 5.69 Å². The second-order valence-corrected chi connectivity index (χ2v) is 7.12. The molecule has 2 amide bonds. The molecule has 0 fully saturated rings. The summed E-state index contributed by atoms with van der Waals surface area (Å²) in [5.74, 6) is -2.11. The number of methoxy groups -OCH3 is 1. The molecule has 1 aromatic rings. The van der Waals surface area contributed by atoms with Gasteiger partial charge in [0, 0.05) is 11.1 Å². The lowest BCUT2D eigenvalue weighted by Crippen LogP contribution is -2.45. The van der Waals surface area contributed by atoms with Crippen LogP contribution in [0.2, 0.25) is 0 Å². The average molecular weight is 378 g/mol. The van der Waals surface area contributed by atoms with Gasteiger partial charge in [-0.05, 0) is 31.5 Å². The van der Waals surface area contributed by atoms with Gasteiger partial charge in [0.1, 0.15) is 6.04 Å². The number of benzene rings is 1. The molecule has 0 aliphatic rings. The molecule has 0 aliphatic heterocycles. The van der Waals surface area contributed by atoms with Crippen molar-refractivity contribution in [2.75, 3.05) is 19.0 Å². The third-order valence-electron chi connectivity index (χ3n) is 3.66. The summed E-state index contributed by atoms with van der Waals surface area (Å²) in [6.07, 6.45) is 0. The molecule has 8 nitrogen and oxygen atoms in total. The zero-order valence-electron chi connectivity index (χ0n) is 16.5. The number of ether oxygens (including phenoxy) is 2. The zero-order valence-corrected chi connectivity index (χ0v) is 16.5. The van der Waals surface area contributed by atoms with Crippen LogP contribution < -0.4 is 10.6 Å². The molecule has 0 radical (unpaired) electrons. The van der Waals surface area contributed by atoms with E-state index in [0.29, 0.717) is 5.69 Å². The first-order valence-electron chi connectivity index (χ1n) is 8.42. The Bertz CT molecular complexity index is 736. The summed E-state index contributed by atoms with van der Waals surface area (Å²) in [7, 11) is 1.26. The van der Waals surface area contributed by atoms with Gasteiger partial charge < -0.3 is 20.1 Å². The summed E-state index contributed by atoms with van der Waals surface area (Å²) in [4.78, 5) is 47.4. The minimum atomic E-state index is -0.881. The monoisotopic (exact) mass is 378 g/mol. The van der Waals surface area contributed by atoms with E-state index in [1.165, 1.54) is 20.1 Å². The van der Waals surface area contributed by atoms with Gasteiger partial charge in [0.15, 0.2) is 6.61 Å². The molecule has 0 aromatic heterocycles. The molecular weight excluding hydrogens is 352 g/mol. The Morgan fingerprint density at radius 1 is 1.15 bits per heavy atom. The molecule has 148 valence electrons. The number of esters is 2. The molecule has 0 spiro atoms. The Hall–Kier alpha value is -2.90. The lowest BCUT2D eigenvalue weighted by atomic mass is 9.95. The number of hydrogen-bond acceptors (Lipinski definition) is 6. The molecule has 2 N–H and O–H groups in total. The summed E-state index contributed by atoms with van der Waals surface area (Å²) in [6, 6.07) is 3.84. The highest BCUT2D eigenvalue weighted by molar-refractivity contribution is 5.96. The number of aryl methyl sites for hydroxylation is 1. The van der Waals surface area contributed by atoms with Crippen LogP contribution in [-0.2, 0) is 23.9 Å². The maximum absolute atomic E-state index is 12.0. The van der Waals surface area contributed by atoms with E-state index < -0.39 is 35.9 Å². The number of carbonyl (C=O) groups is 4.